The first-order chi connectivity index (χ1) is 5.58. The first kappa shape index (κ1) is 10.0. The van der Waals surface area contributed by atoms with Crippen LogP contribution in [0.4, 0.5) is 0 Å². The maximum absolute atomic E-state index is 5.28. The van der Waals surface area contributed by atoms with Gasteiger partial charge < -0.3 is 9.64 Å². The largest absolute Gasteiger partial charge is 0.384 e. The zero-order valence-electron chi connectivity index (χ0n) is 8.76. The van der Waals surface area contributed by atoms with Crippen LogP contribution in [0.5, 0.6) is 0 Å². The third kappa shape index (κ3) is 1.99. The number of likely N-dealkylation sites (tertiary alicyclic amines) is 1. The molecule has 0 aromatic carbocycles. The standard InChI is InChI=1S/C10H21NO/c1-9-5-6-11(3)7-10(9,2)8-12-4/h9H,5-8H2,1-4H3/t9-,10-/m1/s1. The van der Waals surface area contributed by atoms with Gasteiger partial charge in [0.25, 0.3) is 0 Å². The van der Waals surface area contributed by atoms with Crippen LogP contribution < -0.4 is 0 Å². The Morgan fingerprint density at radius 1 is 1.58 bits per heavy atom. The average molecular weight is 171 g/mol. The summed E-state index contributed by atoms with van der Waals surface area (Å²) in [4.78, 5) is 2.40. The lowest BCUT2D eigenvalue weighted by atomic mass is 9.74. The Hall–Kier alpha value is -0.0800. The molecule has 0 bridgehead atoms. The molecule has 0 aromatic rings. The molecular weight excluding hydrogens is 150 g/mol. The van der Waals surface area contributed by atoms with Gasteiger partial charge in [-0.05, 0) is 25.9 Å². The third-order valence-corrected chi connectivity index (χ3v) is 3.24. The summed E-state index contributed by atoms with van der Waals surface area (Å²) in [6.45, 7) is 7.96. The predicted octanol–water partition coefficient (Wildman–Crippen LogP) is 1.61. The minimum Gasteiger partial charge on any atom is -0.384 e. The highest BCUT2D eigenvalue weighted by Gasteiger charge is 2.35. The Kier molecular flexibility index (Phi) is 3.13. The molecule has 2 atom stereocenters. The number of hydrogen-bond acceptors (Lipinski definition) is 2. The molecule has 1 aliphatic rings. The smallest absolute Gasteiger partial charge is 0.0530 e. The third-order valence-electron chi connectivity index (χ3n) is 3.24. The van der Waals surface area contributed by atoms with Gasteiger partial charge in [0.2, 0.25) is 0 Å². The number of methoxy groups -OCH3 is 1. The van der Waals surface area contributed by atoms with E-state index in [4.69, 9.17) is 4.74 Å². The summed E-state index contributed by atoms with van der Waals surface area (Å²) in [5.41, 5.74) is 0.363. The van der Waals surface area contributed by atoms with E-state index in [1.165, 1.54) is 19.5 Å². The van der Waals surface area contributed by atoms with Crippen molar-refractivity contribution in [1.29, 1.82) is 0 Å². The summed E-state index contributed by atoms with van der Waals surface area (Å²) in [5, 5.41) is 0. The summed E-state index contributed by atoms with van der Waals surface area (Å²) >= 11 is 0. The number of nitrogens with zero attached hydrogens (tertiary/aromatic N) is 1. The first-order valence-corrected chi connectivity index (χ1v) is 4.76. The molecule has 0 unspecified atom stereocenters. The van der Waals surface area contributed by atoms with Crippen molar-refractivity contribution < 1.29 is 4.74 Å². The summed E-state index contributed by atoms with van der Waals surface area (Å²) in [6, 6.07) is 0. The van der Waals surface area contributed by atoms with Crippen molar-refractivity contribution in [2.75, 3.05) is 33.9 Å². The molecule has 1 fully saturated rings. The van der Waals surface area contributed by atoms with Gasteiger partial charge in [0, 0.05) is 19.1 Å². The van der Waals surface area contributed by atoms with E-state index in [9.17, 15) is 0 Å². The molecule has 72 valence electrons. The highest BCUT2D eigenvalue weighted by Crippen LogP contribution is 2.34. The van der Waals surface area contributed by atoms with Crippen LogP contribution in [0.1, 0.15) is 20.3 Å². The molecule has 1 aliphatic heterocycles. The highest BCUT2D eigenvalue weighted by molar-refractivity contribution is 4.87. The predicted molar refractivity (Wildman–Crippen MR) is 51.3 cm³/mol. The molecule has 0 radical (unpaired) electrons. The van der Waals surface area contributed by atoms with E-state index in [-0.39, 0.29) is 0 Å². The van der Waals surface area contributed by atoms with Gasteiger partial charge in [-0.15, -0.1) is 0 Å². The van der Waals surface area contributed by atoms with Crippen LogP contribution in [-0.4, -0.2) is 38.8 Å². The zero-order valence-corrected chi connectivity index (χ0v) is 8.76. The molecule has 0 spiro atoms. The van der Waals surface area contributed by atoms with Crippen LogP contribution >= 0.6 is 0 Å². The minimum atomic E-state index is 0.363. The quantitative estimate of drug-likeness (QED) is 0.626. The van der Waals surface area contributed by atoms with Crippen molar-refractivity contribution in [3.8, 4) is 0 Å². The van der Waals surface area contributed by atoms with Crippen LogP contribution in [0.3, 0.4) is 0 Å². The zero-order chi connectivity index (χ0) is 9.19. The molecule has 0 saturated carbocycles. The van der Waals surface area contributed by atoms with Gasteiger partial charge in [-0.2, -0.15) is 0 Å². The Balaban J connectivity index is 2.57. The summed E-state index contributed by atoms with van der Waals surface area (Å²) in [6.07, 6.45) is 1.30. The molecule has 0 aliphatic carbocycles. The van der Waals surface area contributed by atoms with Gasteiger partial charge in [0.1, 0.15) is 0 Å². The van der Waals surface area contributed by atoms with Crippen molar-refractivity contribution in [2.45, 2.75) is 20.3 Å². The Morgan fingerprint density at radius 2 is 2.25 bits per heavy atom. The molecule has 0 N–H and O–H groups in total. The molecular formula is C10H21NO. The van der Waals surface area contributed by atoms with Crippen molar-refractivity contribution in [1.82, 2.24) is 4.90 Å². The van der Waals surface area contributed by atoms with Crippen LogP contribution in [0, 0.1) is 11.3 Å². The molecule has 2 nitrogen and oxygen atoms in total. The lowest BCUT2D eigenvalue weighted by molar-refractivity contribution is -0.00559. The Morgan fingerprint density at radius 3 is 2.83 bits per heavy atom. The average Bonchev–Trinajstić information content (AvgIpc) is 1.98. The number of ether oxygens (including phenoxy) is 1. The van der Waals surface area contributed by atoms with Crippen LogP contribution in [0.25, 0.3) is 0 Å². The summed E-state index contributed by atoms with van der Waals surface area (Å²) < 4.78 is 5.28. The van der Waals surface area contributed by atoms with Crippen molar-refractivity contribution in [3.63, 3.8) is 0 Å². The van der Waals surface area contributed by atoms with E-state index in [0.29, 0.717) is 5.41 Å². The molecule has 1 rings (SSSR count). The maximum atomic E-state index is 5.28. The van der Waals surface area contributed by atoms with Crippen molar-refractivity contribution >= 4 is 0 Å². The normalized spacial score (nSPS) is 38.5. The fraction of sp³-hybridized carbons (Fsp3) is 1.00. The van der Waals surface area contributed by atoms with E-state index >= 15 is 0 Å². The second-order valence-electron chi connectivity index (χ2n) is 4.51. The summed E-state index contributed by atoms with van der Waals surface area (Å²) in [5.74, 6) is 0.786. The van der Waals surface area contributed by atoms with E-state index in [1.807, 2.05) is 0 Å². The van der Waals surface area contributed by atoms with Crippen molar-refractivity contribution in [2.24, 2.45) is 11.3 Å². The highest BCUT2D eigenvalue weighted by atomic mass is 16.5. The van der Waals surface area contributed by atoms with E-state index in [0.717, 1.165) is 12.5 Å². The SMILES string of the molecule is COC[C@@]1(C)CN(C)CC[C@H]1C. The number of rotatable bonds is 2. The fourth-order valence-electron chi connectivity index (χ4n) is 2.13. The molecule has 12 heavy (non-hydrogen) atoms. The van der Waals surface area contributed by atoms with E-state index in [1.54, 1.807) is 7.11 Å². The summed E-state index contributed by atoms with van der Waals surface area (Å²) in [7, 11) is 3.99. The first-order valence-electron chi connectivity index (χ1n) is 4.76. The van der Waals surface area contributed by atoms with Crippen molar-refractivity contribution in [3.05, 3.63) is 0 Å². The molecule has 2 heteroatoms. The molecule has 1 heterocycles. The van der Waals surface area contributed by atoms with Crippen LogP contribution in [0.15, 0.2) is 0 Å². The molecule has 1 saturated heterocycles. The second-order valence-corrected chi connectivity index (χ2v) is 4.51. The number of hydrogen-bond donors (Lipinski definition) is 0. The molecule has 0 amide bonds. The monoisotopic (exact) mass is 171 g/mol. The van der Waals surface area contributed by atoms with E-state index in [2.05, 4.69) is 25.8 Å². The van der Waals surface area contributed by atoms with Gasteiger partial charge >= 0.3 is 0 Å². The van der Waals surface area contributed by atoms with Gasteiger partial charge in [-0.25, -0.2) is 0 Å². The second kappa shape index (κ2) is 3.75. The lowest BCUT2D eigenvalue weighted by Gasteiger charge is -2.43. The van der Waals surface area contributed by atoms with Gasteiger partial charge in [0.15, 0.2) is 0 Å². The van der Waals surface area contributed by atoms with Gasteiger partial charge in [0.05, 0.1) is 6.61 Å². The van der Waals surface area contributed by atoms with Gasteiger partial charge in [-0.1, -0.05) is 13.8 Å². The Labute approximate surface area is 75.9 Å². The Bertz CT molecular complexity index is 149. The van der Waals surface area contributed by atoms with Crippen LogP contribution in [0.2, 0.25) is 0 Å². The lowest BCUT2D eigenvalue weighted by Crippen LogP contribution is -2.47. The molecule has 0 aromatic heterocycles. The fourth-order valence-corrected chi connectivity index (χ4v) is 2.13. The minimum absolute atomic E-state index is 0.363. The van der Waals surface area contributed by atoms with Crippen LogP contribution in [-0.2, 0) is 4.74 Å². The van der Waals surface area contributed by atoms with Gasteiger partial charge in [-0.3, -0.25) is 0 Å². The topological polar surface area (TPSA) is 12.5 Å². The number of piperidine rings is 1. The maximum Gasteiger partial charge on any atom is 0.0530 e. The van der Waals surface area contributed by atoms with E-state index < -0.39 is 0 Å².